The summed E-state index contributed by atoms with van der Waals surface area (Å²) in [5.74, 6) is -1.61. The van der Waals surface area contributed by atoms with Crippen molar-refractivity contribution in [2.24, 2.45) is 0 Å². The average molecular weight is 481 g/mol. The van der Waals surface area contributed by atoms with Crippen LogP contribution in [0.3, 0.4) is 0 Å². The minimum absolute atomic E-state index is 0.0377. The van der Waals surface area contributed by atoms with Gasteiger partial charge in [-0.2, -0.15) is 0 Å². The maximum atomic E-state index is 13.0. The molecule has 8 heteroatoms. The highest BCUT2D eigenvalue weighted by atomic mass is 32.2. The van der Waals surface area contributed by atoms with Gasteiger partial charge in [0, 0.05) is 24.2 Å². The average Bonchev–Trinajstić information content (AvgIpc) is 2.84. The Kier molecular flexibility index (Phi) is 8.81. The summed E-state index contributed by atoms with van der Waals surface area (Å²) in [4.78, 5) is 39.8. The highest BCUT2D eigenvalue weighted by molar-refractivity contribution is 8.00. The highest BCUT2D eigenvalue weighted by Crippen LogP contribution is 2.24. The summed E-state index contributed by atoms with van der Waals surface area (Å²) >= 11 is 1.17. The molecular formula is C26H25FN2O4S. The molecule has 0 saturated carbocycles. The first kappa shape index (κ1) is 25.0. The third-order valence-corrected chi connectivity index (χ3v) is 5.94. The van der Waals surface area contributed by atoms with Crippen LogP contribution in [-0.2, 0) is 20.9 Å². The van der Waals surface area contributed by atoms with Crippen molar-refractivity contribution < 1.29 is 23.5 Å². The molecule has 3 rings (SSSR count). The Morgan fingerprint density at radius 3 is 2.32 bits per heavy atom. The number of ether oxygens (including phenoxy) is 1. The summed E-state index contributed by atoms with van der Waals surface area (Å²) in [5.41, 5.74) is 1.72. The zero-order valence-corrected chi connectivity index (χ0v) is 19.7. The first-order chi connectivity index (χ1) is 16.3. The van der Waals surface area contributed by atoms with E-state index >= 15 is 0 Å². The molecule has 0 aromatic heterocycles. The van der Waals surface area contributed by atoms with Gasteiger partial charge >= 0.3 is 5.97 Å². The fourth-order valence-corrected chi connectivity index (χ4v) is 4.00. The molecule has 1 N–H and O–H groups in total. The second kappa shape index (κ2) is 12.0. The number of likely N-dealkylation sites (N-methyl/N-ethyl adjacent to an activating group) is 1. The van der Waals surface area contributed by atoms with Gasteiger partial charge in [-0.25, -0.2) is 9.18 Å². The maximum Gasteiger partial charge on any atom is 0.340 e. The van der Waals surface area contributed by atoms with E-state index in [4.69, 9.17) is 4.74 Å². The van der Waals surface area contributed by atoms with E-state index in [-0.39, 0.29) is 23.1 Å². The number of nitrogens with zero attached hydrogens (tertiary/aromatic N) is 1. The van der Waals surface area contributed by atoms with Crippen molar-refractivity contribution in [2.75, 3.05) is 18.1 Å². The summed E-state index contributed by atoms with van der Waals surface area (Å²) in [7, 11) is 1.66. The van der Waals surface area contributed by atoms with Gasteiger partial charge in [0.1, 0.15) is 5.82 Å². The van der Waals surface area contributed by atoms with E-state index in [0.717, 1.165) is 5.56 Å². The maximum absolute atomic E-state index is 13.0. The molecule has 0 aliphatic heterocycles. The number of nitrogens with one attached hydrogen (secondary N) is 1. The lowest BCUT2D eigenvalue weighted by atomic mass is 10.2. The van der Waals surface area contributed by atoms with Gasteiger partial charge < -0.3 is 15.0 Å². The van der Waals surface area contributed by atoms with Crippen LogP contribution in [0.4, 0.5) is 10.1 Å². The van der Waals surface area contributed by atoms with Crippen LogP contribution in [0, 0.1) is 5.82 Å². The summed E-state index contributed by atoms with van der Waals surface area (Å²) in [6.45, 7) is 1.94. The van der Waals surface area contributed by atoms with Crippen LogP contribution in [0.5, 0.6) is 0 Å². The second-order valence-electron chi connectivity index (χ2n) is 7.57. The summed E-state index contributed by atoms with van der Waals surface area (Å²) in [6, 6.07) is 21.7. The van der Waals surface area contributed by atoms with Crippen molar-refractivity contribution in [3.8, 4) is 0 Å². The Labute approximate surface area is 202 Å². The molecule has 6 nitrogen and oxygen atoms in total. The van der Waals surface area contributed by atoms with Gasteiger partial charge in [-0.3, -0.25) is 9.59 Å². The first-order valence-corrected chi connectivity index (χ1v) is 11.6. The molecule has 0 spiro atoms. The van der Waals surface area contributed by atoms with E-state index in [0.29, 0.717) is 17.1 Å². The number of carbonyl (C=O) groups is 3. The number of carbonyl (C=O) groups excluding carboxylic acids is 3. The number of anilines is 1. The summed E-state index contributed by atoms with van der Waals surface area (Å²) in [5, 5.41) is 2.67. The molecule has 0 bridgehead atoms. The van der Waals surface area contributed by atoms with Gasteiger partial charge in [0.15, 0.2) is 6.10 Å². The fourth-order valence-electron chi connectivity index (χ4n) is 3.15. The molecule has 3 aromatic carbocycles. The van der Waals surface area contributed by atoms with Crippen molar-refractivity contribution in [1.29, 1.82) is 0 Å². The van der Waals surface area contributed by atoms with Crippen LogP contribution >= 0.6 is 11.8 Å². The highest BCUT2D eigenvalue weighted by Gasteiger charge is 2.24. The third-order valence-electron chi connectivity index (χ3n) is 4.86. The van der Waals surface area contributed by atoms with Gasteiger partial charge in [-0.15, -0.1) is 11.8 Å². The van der Waals surface area contributed by atoms with Gasteiger partial charge in [0.2, 0.25) is 5.91 Å². The predicted octanol–water partition coefficient (Wildman–Crippen LogP) is 4.76. The Morgan fingerprint density at radius 2 is 1.62 bits per heavy atom. The van der Waals surface area contributed by atoms with Crippen molar-refractivity contribution >= 4 is 35.2 Å². The molecule has 0 radical (unpaired) electrons. The quantitative estimate of drug-likeness (QED) is 0.353. The lowest BCUT2D eigenvalue weighted by molar-refractivity contribution is -0.139. The molecule has 0 heterocycles. The number of esters is 1. The zero-order valence-electron chi connectivity index (χ0n) is 18.9. The molecule has 1 atom stereocenters. The largest absolute Gasteiger partial charge is 0.449 e. The SMILES string of the molecule is CC(OC(=O)c1ccccc1SCC(=O)Nc1ccc(F)cc1)C(=O)N(C)Cc1ccccc1. The Balaban J connectivity index is 1.57. The van der Waals surface area contributed by atoms with E-state index in [1.54, 1.807) is 31.3 Å². The predicted molar refractivity (Wildman–Crippen MR) is 130 cm³/mol. The van der Waals surface area contributed by atoms with Crippen LogP contribution in [0.2, 0.25) is 0 Å². The molecule has 176 valence electrons. The second-order valence-corrected chi connectivity index (χ2v) is 8.58. The Hall–Kier alpha value is -3.65. The standard InChI is InChI=1S/C26H25FN2O4S/c1-18(25(31)29(2)16-19-8-4-3-5-9-19)33-26(32)22-10-6-7-11-23(22)34-17-24(30)28-21-14-12-20(27)13-15-21/h3-15,18H,16-17H2,1-2H3,(H,28,30). The number of benzene rings is 3. The molecule has 3 aromatic rings. The van der Waals surface area contributed by atoms with E-state index in [1.165, 1.54) is 47.9 Å². The molecule has 0 aliphatic carbocycles. The molecule has 0 fully saturated rings. The van der Waals surface area contributed by atoms with Crippen LogP contribution in [0.1, 0.15) is 22.8 Å². The van der Waals surface area contributed by atoms with Crippen molar-refractivity contribution in [1.82, 2.24) is 4.90 Å². The zero-order chi connectivity index (χ0) is 24.5. The number of thioether (sulfide) groups is 1. The van der Waals surface area contributed by atoms with Crippen LogP contribution in [-0.4, -0.2) is 41.6 Å². The van der Waals surface area contributed by atoms with Crippen molar-refractivity contribution in [3.63, 3.8) is 0 Å². The van der Waals surface area contributed by atoms with E-state index in [1.807, 2.05) is 30.3 Å². The van der Waals surface area contributed by atoms with Crippen molar-refractivity contribution in [2.45, 2.75) is 24.5 Å². The third kappa shape index (κ3) is 7.18. The monoisotopic (exact) mass is 480 g/mol. The van der Waals surface area contributed by atoms with E-state index in [9.17, 15) is 18.8 Å². The molecule has 0 saturated heterocycles. The van der Waals surface area contributed by atoms with E-state index in [2.05, 4.69) is 5.32 Å². The number of hydrogen-bond donors (Lipinski definition) is 1. The first-order valence-electron chi connectivity index (χ1n) is 10.6. The molecule has 2 amide bonds. The Bertz CT molecular complexity index is 1140. The van der Waals surface area contributed by atoms with Gasteiger partial charge in [-0.1, -0.05) is 42.5 Å². The minimum atomic E-state index is -0.971. The van der Waals surface area contributed by atoms with E-state index < -0.39 is 17.9 Å². The lowest BCUT2D eigenvalue weighted by Gasteiger charge is -2.22. The van der Waals surface area contributed by atoms with Crippen LogP contribution in [0.15, 0.2) is 83.8 Å². The molecule has 34 heavy (non-hydrogen) atoms. The topological polar surface area (TPSA) is 75.7 Å². The number of amides is 2. The smallest absolute Gasteiger partial charge is 0.340 e. The van der Waals surface area contributed by atoms with Gasteiger partial charge in [0.05, 0.1) is 11.3 Å². The Morgan fingerprint density at radius 1 is 0.971 bits per heavy atom. The fraction of sp³-hybridized carbons (Fsp3) is 0.192. The van der Waals surface area contributed by atoms with Crippen LogP contribution in [0.25, 0.3) is 0 Å². The molecular weight excluding hydrogens is 455 g/mol. The number of rotatable bonds is 9. The van der Waals surface area contributed by atoms with Crippen LogP contribution < -0.4 is 5.32 Å². The lowest BCUT2D eigenvalue weighted by Crippen LogP contribution is -2.37. The summed E-state index contributed by atoms with van der Waals surface area (Å²) in [6.07, 6.45) is -0.971. The molecule has 0 aliphatic rings. The normalized spacial score (nSPS) is 11.4. The molecule has 1 unspecified atom stereocenters. The number of halogens is 1. The van der Waals surface area contributed by atoms with Gasteiger partial charge in [-0.05, 0) is 48.9 Å². The van der Waals surface area contributed by atoms with Crippen molar-refractivity contribution in [3.05, 3.63) is 95.8 Å². The minimum Gasteiger partial charge on any atom is -0.449 e. The summed E-state index contributed by atoms with van der Waals surface area (Å²) < 4.78 is 18.4. The van der Waals surface area contributed by atoms with Gasteiger partial charge in [0.25, 0.3) is 5.91 Å². The number of hydrogen-bond acceptors (Lipinski definition) is 5.